The fourth-order valence-corrected chi connectivity index (χ4v) is 2.73. The Morgan fingerprint density at radius 3 is 2.83 bits per heavy atom. The number of thiophene rings is 1. The second-order valence-corrected chi connectivity index (χ2v) is 5.91. The molecule has 0 atom stereocenters. The quantitative estimate of drug-likeness (QED) is 0.753. The normalized spacial score (nSPS) is 10.1. The van der Waals surface area contributed by atoms with E-state index >= 15 is 0 Å². The first kappa shape index (κ1) is 17.0. The summed E-state index contributed by atoms with van der Waals surface area (Å²) in [5.41, 5.74) is 0.600. The smallest absolute Gasteiger partial charge is 0.306 e. The molecular weight excluding hydrogens is 314 g/mol. The molecule has 2 rings (SSSR count). The topological polar surface area (TPSA) is 64.6 Å². The van der Waals surface area contributed by atoms with E-state index in [1.807, 2.05) is 17.5 Å². The number of hydrogen-bond donors (Lipinski definition) is 1. The van der Waals surface area contributed by atoms with Crippen molar-refractivity contribution in [2.75, 3.05) is 19.0 Å². The van der Waals surface area contributed by atoms with E-state index in [9.17, 15) is 9.59 Å². The molecule has 0 aliphatic rings. The Labute approximate surface area is 139 Å². The van der Waals surface area contributed by atoms with E-state index in [4.69, 9.17) is 9.47 Å². The number of amides is 1. The van der Waals surface area contributed by atoms with E-state index in [2.05, 4.69) is 5.32 Å². The summed E-state index contributed by atoms with van der Waals surface area (Å²) in [5.74, 6) is -0.0828. The molecule has 1 aromatic carbocycles. The van der Waals surface area contributed by atoms with Crippen LogP contribution in [0.2, 0.25) is 0 Å². The van der Waals surface area contributed by atoms with Gasteiger partial charge in [-0.15, -0.1) is 11.3 Å². The molecular formula is C17H19NO4S. The molecule has 1 N–H and O–H groups in total. The summed E-state index contributed by atoms with van der Waals surface area (Å²) in [7, 11) is 1.55. The number of nitrogens with one attached hydrogen (secondary N) is 1. The lowest BCUT2D eigenvalue weighted by Crippen LogP contribution is -2.20. The van der Waals surface area contributed by atoms with Gasteiger partial charge in [0.2, 0.25) is 0 Å². The van der Waals surface area contributed by atoms with Crippen LogP contribution in [0.3, 0.4) is 0 Å². The number of aryl methyl sites for hydroxylation is 1. The highest BCUT2D eigenvalue weighted by Crippen LogP contribution is 2.16. The van der Waals surface area contributed by atoms with E-state index < -0.39 is 0 Å². The molecule has 1 amide bonds. The zero-order valence-corrected chi connectivity index (χ0v) is 13.7. The van der Waals surface area contributed by atoms with Gasteiger partial charge in [-0.25, -0.2) is 0 Å². The molecule has 1 heterocycles. The zero-order valence-electron chi connectivity index (χ0n) is 12.9. The molecule has 0 fully saturated rings. The van der Waals surface area contributed by atoms with Crippen molar-refractivity contribution in [2.45, 2.75) is 19.3 Å². The molecule has 6 heteroatoms. The third-order valence-corrected chi connectivity index (χ3v) is 4.04. The highest BCUT2D eigenvalue weighted by molar-refractivity contribution is 7.09. The Balaban J connectivity index is 1.66. The van der Waals surface area contributed by atoms with Crippen LogP contribution in [0.5, 0.6) is 5.75 Å². The molecule has 1 aromatic heterocycles. The van der Waals surface area contributed by atoms with Gasteiger partial charge in [-0.05, 0) is 36.4 Å². The van der Waals surface area contributed by atoms with Gasteiger partial charge >= 0.3 is 5.97 Å². The van der Waals surface area contributed by atoms with Gasteiger partial charge in [-0.1, -0.05) is 12.1 Å². The fraction of sp³-hybridized carbons (Fsp3) is 0.294. The van der Waals surface area contributed by atoms with Crippen molar-refractivity contribution in [3.63, 3.8) is 0 Å². The van der Waals surface area contributed by atoms with Crippen molar-refractivity contribution < 1.29 is 19.1 Å². The maximum atomic E-state index is 11.7. The van der Waals surface area contributed by atoms with E-state index in [1.54, 1.807) is 42.7 Å². The van der Waals surface area contributed by atoms with Gasteiger partial charge in [-0.2, -0.15) is 0 Å². The van der Waals surface area contributed by atoms with Crippen LogP contribution in [0.15, 0.2) is 41.8 Å². The highest BCUT2D eigenvalue weighted by Gasteiger charge is 2.08. The van der Waals surface area contributed by atoms with Crippen molar-refractivity contribution >= 4 is 28.9 Å². The summed E-state index contributed by atoms with van der Waals surface area (Å²) < 4.78 is 10.0. The van der Waals surface area contributed by atoms with Crippen LogP contribution in [0.4, 0.5) is 5.69 Å². The zero-order chi connectivity index (χ0) is 16.5. The molecule has 0 aliphatic carbocycles. The van der Waals surface area contributed by atoms with Crippen LogP contribution in [-0.2, 0) is 20.7 Å². The summed E-state index contributed by atoms with van der Waals surface area (Å²) in [6, 6.07) is 11.0. The summed E-state index contributed by atoms with van der Waals surface area (Å²) in [5, 5.41) is 4.67. The van der Waals surface area contributed by atoms with Gasteiger partial charge in [0.05, 0.1) is 7.11 Å². The number of methoxy groups -OCH3 is 1. The molecule has 122 valence electrons. The summed E-state index contributed by atoms with van der Waals surface area (Å²) in [6.07, 6.45) is 1.88. The fourth-order valence-electron chi connectivity index (χ4n) is 1.98. The average Bonchev–Trinajstić information content (AvgIpc) is 3.06. The molecule has 0 aliphatic heterocycles. The monoisotopic (exact) mass is 333 g/mol. The van der Waals surface area contributed by atoms with Crippen LogP contribution < -0.4 is 10.1 Å². The van der Waals surface area contributed by atoms with Crippen LogP contribution in [0.1, 0.15) is 17.7 Å². The largest absolute Gasteiger partial charge is 0.497 e. The van der Waals surface area contributed by atoms with Crippen molar-refractivity contribution in [3.8, 4) is 5.75 Å². The minimum Gasteiger partial charge on any atom is -0.497 e. The van der Waals surface area contributed by atoms with Gasteiger partial charge in [-0.3, -0.25) is 9.59 Å². The predicted molar refractivity (Wildman–Crippen MR) is 89.8 cm³/mol. The van der Waals surface area contributed by atoms with E-state index in [0.717, 1.165) is 12.8 Å². The number of anilines is 1. The maximum absolute atomic E-state index is 11.7. The lowest BCUT2D eigenvalue weighted by molar-refractivity contribution is -0.147. The Morgan fingerprint density at radius 2 is 2.09 bits per heavy atom. The second kappa shape index (κ2) is 8.95. The van der Waals surface area contributed by atoms with Crippen molar-refractivity contribution in [1.82, 2.24) is 0 Å². The summed E-state index contributed by atoms with van der Waals surface area (Å²) in [6.45, 7) is -0.283. The van der Waals surface area contributed by atoms with Crippen molar-refractivity contribution in [2.24, 2.45) is 0 Å². The van der Waals surface area contributed by atoms with E-state index in [1.165, 1.54) is 4.88 Å². The lowest BCUT2D eigenvalue weighted by atomic mass is 10.2. The maximum Gasteiger partial charge on any atom is 0.306 e. The standard InChI is InChI=1S/C17H19NO4S/c1-21-14-6-2-5-13(11-14)18-16(19)12-22-17(20)9-3-7-15-8-4-10-23-15/h2,4-6,8,10-11H,3,7,9,12H2,1H3,(H,18,19). The summed E-state index contributed by atoms with van der Waals surface area (Å²) in [4.78, 5) is 24.6. The first-order valence-corrected chi connectivity index (χ1v) is 8.17. The van der Waals surface area contributed by atoms with Gasteiger partial charge in [0, 0.05) is 23.1 Å². The molecule has 0 spiro atoms. The van der Waals surface area contributed by atoms with Gasteiger partial charge in [0.1, 0.15) is 5.75 Å². The van der Waals surface area contributed by atoms with Gasteiger partial charge in [0.25, 0.3) is 5.91 Å². The number of benzene rings is 1. The lowest BCUT2D eigenvalue weighted by Gasteiger charge is -2.07. The third-order valence-electron chi connectivity index (χ3n) is 3.10. The number of rotatable bonds is 8. The molecule has 2 aromatic rings. The Bertz CT molecular complexity index is 640. The number of ether oxygens (including phenoxy) is 2. The van der Waals surface area contributed by atoms with Crippen LogP contribution in [-0.4, -0.2) is 25.6 Å². The molecule has 0 unspecified atom stereocenters. The molecule has 23 heavy (non-hydrogen) atoms. The first-order valence-electron chi connectivity index (χ1n) is 7.29. The Morgan fingerprint density at radius 1 is 1.22 bits per heavy atom. The number of carbonyl (C=O) groups excluding carboxylic acids is 2. The highest BCUT2D eigenvalue weighted by atomic mass is 32.1. The van der Waals surface area contributed by atoms with Gasteiger partial charge < -0.3 is 14.8 Å². The third kappa shape index (κ3) is 6.12. The average molecular weight is 333 g/mol. The van der Waals surface area contributed by atoms with E-state index in [0.29, 0.717) is 17.9 Å². The van der Waals surface area contributed by atoms with Gasteiger partial charge in [0.15, 0.2) is 6.61 Å². The minimum absolute atomic E-state index is 0.283. The van der Waals surface area contributed by atoms with Crippen LogP contribution in [0, 0.1) is 0 Å². The molecule has 0 radical (unpaired) electrons. The Hall–Kier alpha value is -2.34. The molecule has 5 nitrogen and oxygen atoms in total. The Kier molecular flexibility index (Phi) is 6.62. The van der Waals surface area contributed by atoms with E-state index in [-0.39, 0.29) is 18.5 Å². The SMILES string of the molecule is COc1cccc(NC(=O)COC(=O)CCCc2cccs2)c1. The predicted octanol–water partition coefficient (Wildman–Crippen LogP) is 3.26. The minimum atomic E-state index is -0.371. The number of hydrogen-bond acceptors (Lipinski definition) is 5. The van der Waals surface area contributed by atoms with Crippen molar-refractivity contribution in [1.29, 1.82) is 0 Å². The van der Waals surface area contributed by atoms with Crippen LogP contribution >= 0.6 is 11.3 Å². The second-order valence-electron chi connectivity index (χ2n) is 4.87. The van der Waals surface area contributed by atoms with Crippen LogP contribution in [0.25, 0.3) is 0 Å². The first-order chi connectivity index (χ1) is 11.2. The van der Waals surface area contributed by atoms with Crippen molar-refractivity contribution in [3.05, 3.63) is 46.7 Å². The molecule has 0 saturated heterocycles. The summed E-state index contributed by atoms with van der Waals surface area (Å²) >= 11 is 1.67. The number of esters is 1. The number of carbonyl (C=O) groups is 2. The molecule has 0 saturated carbocycles. The molecule has 0 bridgehead atoms.